The van der Waals surface area contributed by atoms with Crippen LogP contribution in [-0.4, -0.2) is 40.9 Å². The predicted octanol–water partition coefficient (Wildman–Crippen LogP) is 6.60. The van der Waals surface area contributed by atoms with Crippen LogP contribution in [0.25, 0.3) is 0 Å². The molecule has 2 aromatic carbocycles. The molecular weight excluding hydrogens is 559 g/mol. The number of aliphatic hydroxyl groups is 1. The molecule has 4 rings (SSSR count). The van der Waals surface area contributed by atoms with Crippen molar-refractivity contribution in [3.05, 3.63) is 63.4 Å². The second kappa shape index (κ2) is 12.4. The largest absolute Gasteiger partial charge is 0.393 e. The van der Waals surface area contributed by atoms with Crippen molar-refractivity contribution in [3.63, 3.8) is 0 Å². The van der Waals surface area contributed by atoms with Gasteiger partial charge in [-0.25, -0.2) is 4.39 Å². The number of carbonyl (C=O) groups is 2. The Bertz CT molecular complexity index is 1220. The number of nitrogens with one attached hydrogen (secondary N) is 3. The Hall–Kier alpha value is -1.76. The average molecular weight is 597 g/mol. The first-order valence-corrected chi connectivity index (χ1v) is 14.7. The summed E-state index contributed by atoms with van der Waals surface area (Å²) in [5.74, 6) is -1.78. The van der Waals surface area contributed by atoms with Crippen molar-refractivity contribution in [2.75, 3.05) is 5.32 Å². The Morgan fingerprint density at radius 2 is 1.77 bits per heavy atom. The van der Waals surface area contributed by atoms with Gasteiger partial charge in [0.05, 0.1) is 17.2 Å². The van der Waals surface area contributed by atoms with Gasteiger partial charge in [-0.2, -0.15) is 0 Å². The van der Waals surface area contributed by atoms with Crippen LogP contribution in [0, 0.1) is 11.2 Å². The Balaban J connectivity index is 1.83. The number of rotatable bonds is 6. The third-order valence-electron chi connectivity index (χ3n) is 7.70. The van der Waals surface area contributed by atoms with E-state index in [-0.39, 0.29) is 46.1 Å². The van der Waals surface area contributed by atoms with E-state index in [0.717, 1.165) is 5.56 Å². The zero-order valence-electron chi connectivity index (χ0n) is 22.4. The van der Waals surface area contributed by atoms with Gasteiger partial charge in [-0.15, -0.1) is 0 Å². The van der Waals surface area contributed by atoms with Crippen molar-refractivity contribution in [1.29, 1.82) is 0 Å². The minimum absolute atomic E-state index is 0.0134. The molecule has 2 aromatic rings. The van der Waals surface area contributed by atoms with Crippen LogP contribution < -0.4 is 16.0 Å². The molecule has 2 aliphatic rings. The molecule has 6 nitrogen and oxygen atoms in total. The molecule has 1 aliphatic heterocycles. The lowest BCUT2D eigenvalue weighted by molar-refractivity contribution is -0.124. The highest BCUT2D eigenvalue weighted by atomic mass is 35.5. The molecule has 1 unspecified atom stereocenters. The summed E-state index contributed by atoms with van der Waals surface area (Å²) in [6.07, 6.45) is 2.98. The fourth-order valence-corrected chi connectivity index (χ4v) is 6.62. The zero-order chi connectivity index (χ0) is 28.5. The van der Waals surface area contributed by atoms with Crippen molar-refractivity contribution in [3.8, 4) is 0 Å². The first-order chi connectivity index (χ1) is 18.3. The summed E-state index contributed by atoms with van der Waals surface area (Å²) < 4.78 is 15.7. The molecule has 1 heterocycles. The quantitative estimate of drug-likeness (QED) is 0.283. The number of halogens is 3. The lowest BCUT2D eigenvalue weighted by atomic mass is 9.73. The maximum Gasteiger partial charge on any atom is 0.239 e. The molecule has 4 N–H and O–H groups in total. The van der Waals surface area contributed by atoms with Crippen LogP contribution >= 0.6 is 32.4 Å². The highest BCUT2D eigenvalue weighted by Gasteiger charge is 2.50. The number of aliphatic hydroxyl groups excluding tert-OH is 1. The van der Waals surface area contributed by atoms with Crippen LogP contribution in [0.5, 0.6) is 0 Å². The third kappa shape index (κ3) is 7.31. The summed E-state index contributed by atoms with van der Waals surface area (Å²) in [5, 5.41) is 19.9. The summed E-state index contributed by atoms with van der Waals surface area (Å²) in [5.41, 5.74) is 1.17. The normalized spacial score (nSPS) is 27.3. The Morgan fingerprint density at radius 1 is 1.08 bits per heavy atom. The average Bonchev–Trinajstić information content (AvgIpc) is 3.19. The second-order valence-electron chi connectivity index (χ2n) is 11.9. The SMILES string of the molecule is CC(C)(C)C[C@H]1N[C@@H](C(=O)N[C@H]2CC[C@H](O)CC2)[C@H](c2cccc(Cl)c2F)[C@@H]1c1ccc(Cl)cc1NC(=O)P. The molecule has 2 amide bonds. The number of amides is 2. The van der Waals surface area contributed by atoms with Crippen LogP contribution in [0.3, 0.4) is 0 Å². The summed E-state index contributed by atoms with van der Waals surface area (Å²) in [4.78, 5) is 26.0. The van der Waals surface area contributed by atoms with E-state index in [0.29, 0.717) is 48.4 Å². The van der Waals surface area contributed by atoms with Gasteiger partial charge in [-0.05, 0) is 76.1 Å². The molecule has 1 aliphatic carbocycles. The number of hydrogen-bond acceptors (Lipinski definition) is 4. The fourth-order valence-electron chi connectivity index (χ4n) is 6.11. The van der Waals surface area contributed by atoms with Crippen molar-refractivity contribution >= 4 is 49.7 Å². The molecule has 2 fully saturated rings. The van der Waals surface area contributed by atoms with Crippen molar-refractivity contribution in [2.45, 2.75) is 88.9 Å². The van der Waals surface area contributed by atoms with E-state index in [1.54, 1.807) is 24.3 Å². The van der Waals surface area contributed by atoms with E-state index >= 15 is 4.39 Å². The molecule has 39 heavy (non-hydrogen) atoms. The Morgan fingerprint density at radius 3 is 2.41 bits per heavy atom. The number of hydrogen-bond donors (Lipinski definition) is 4. The van der Waals surface area contributed by atoms with Gasteiger partial charge in [0.2, 0.25) is 11.6 Å². The van der Waals surface area contributed by atoms with Gasteiger partial charge in [-0.1, -0.05) is 62.2 Å². The Labute approximate surface area is 242 Å². The minimum Gasteiger partial charge on any atom is -0.393 e. The first-order valence-electron chi connectivity index (χ1n) is 13.4. The highest BCUT2D eigenvalue weighted by molar-refractivity contribution is 7.40. The van der Waals surface area contributed by atoms with Crippen LogP contribution in [0.4, 0.5) is 14.9 Å². The number of anilines is 1. The van der Waals surface area contributed by atoms with Gasteiger partial charge < -0.3 is 21.1 Å². The van der Waals surface area contributed by atoms with E-state index in [9.17, 15) is 14.7 Å². The molecule has 1 saturated carbocycles. The second-order valence-corrected chi connectivity index (χ2v) is 13.3. The predicted molar refractivity (Wildman–Crippen MR) is 158 cm³/mol. The standard InChI is InChI=1S/C29H37Cl2FN3O3P/c1-29(2,3)14-22-23(18-12-7-15(30)13-21(18)35-28(38)39)24(19-5-4-6-20(31)25(19)32)26(34-22)27(37)33-16-8-10-17(36)11-9-16/h4-7,12-13,16-17,22-24,26,34,36H,8-11,14,39H2,1-3H3,(H,33,37)(H,35,38)/t16-,17-,22-,23-,24-,26-/m1/s1. The summed E-state index contributed by atoms with van der Waals surface area (Å²) in [7, 11) is 2.10. The van der Waals surface area contributed by atoms with E-state index in [1.165, 1.54) is 6.07 Å². The lowest BCUT2D eigenvalue weighted by Gasteiger charge is -2.32. The number of carbonyl (C=O) groups excluding carboxylic acids is 2. The van der Waals surface area contributed by atoms with Gasteiger partial charge in [-0.3, -0.25) is 9.59 Å². The molecule has 0 spiro atoms. The smallest absolute Gasteiger partial charge is 0.239 e. The van der Waals surface area contributed by atoms with Crippen molar-refractivity contribution < 1.29 is 19.1 Å². The topological polar surface area (TPSA) is 90.5 Å². The molecule has 212 valence electrons. The third-order valence-corrected chi connectivity index (χ3v) is 8.38. The lowest BCUT2D eigenvalue weighted by Crippen LogP contribution is -2.49. The summed E-state index contributed by atoms with van der Waals surface area (Å²) in [6, 6.07) is 9.11. The van der Waals surface area contributed by atoms with E-state index in [2.05, 4.69) is 46.0 Å². The van der Waals surface area contributed by atoms with E-state index < -0.39 is 17.8 Å². The monoisotopic (exact) mass is 595 g/mol. The maximum absolute atomic E-state index is 15.7. The van der Waals surface area contributed by atoms with E-state index in [1.807, 2.05) is 6.07 Å². The summed E-state index contributed by atoms with van der Waals surface area (Å²) >= 11 is 12.6. The molecule has 1 saturated heterocycles. The molecule has 5 atom stereocenters. The van der Waals surface area contributed by atoms with Gasteiger partial charge in [0.15, 0.2) is 0 Å². The molecule has 10 heteroatoms. The van der Waals surface area contributed by atoms with Gasteiger partial charge in [0, 0.05) is 34.6 Å². The molecule has 0 aromatic heterocycles. The van der Waals surface area contributed by atoms with Gasteiger partial charge >= 0.3 is 0 Å². The van der Waals surface area contributed by atoms with Crippen LogP contribution in [-0.2, 0) is 4.79 Å². The van der Waals surface area contributed by atoms with Crippen LogP contribution in [0.2, 0.25) is 10.0 Å². The highest BCUT2D eigenvalue weighted by Crippen LogP contribution is 2.49. The Kier molecular flexibility index (Phi) is 9.60. The summed E-state index contributed by atoms with van der Waals surface area (Å²) in [6.45, 7) is 6.36. The molecule has 0 radical (unpaired) electrons. The van der Waals surface area contributed by atoms with Crippen LogP contribution in [0.1, 0.15) is 75.8 Å². The number of benzene rings is 2. The van der Waals surface area contributed by atoms with Crippen molar-refractivity contribution in [1.82, 2.24) is 10.6 Å². The van der Waals surface area contributed by atoms with Crippen LogP contribution in [0.15, 0.2) is 36.4 Å². The first kappa shape index (κ1) is 30.2. The maximum atomic E-state index is 15.7. The van der Waals surface area contributed by atoms with Crippen molar-refractivity contribution in [2.24, 2.45) is 5.41 Å². The van der Waals surface area contributed by atoms with E-state index in [4.69, 9.17) is 23.2 Å². The fraction of sp³-hybridized carbons (Fsp3) is 0.517. The minimum atomic E-state index is -0.752. The molecule has 0 bridgehead atoms. The zero-order valence-corrected chi connectivity index (χ0v) is 25.1. The van der Waals surface area contributed by atoms with Gasteiger partial charge in [0.25, 0.3) is 0 Å². The van der Waals surface area contributed by atoms with Gasteiger partial charge in [0.1, 0.15) is 5.82 Å². The molecular formula is C29H37Cl2FN3O3P.